The molecular weight excluding hydrogens is 100 g/mol. The summed E-state index contributed by atoms with van der Waals surface area (Å²) in [4.78, 5) is 0. The van der Waals surface area contributed by atoms with E-state index in [2.05, 4.69) is 31.1 Å². The van der Waals surface area contributed by atoms with Gasteiger partial charge < -0.3 is 5.32 Å². The SMILES string of the molecule is C=CNCNC(C)C. The third kappa shape index (κ3) is 5.50. The van der Waals surface area contributed by atoms with Crippen molar-refractivity contribution >= 4 is 0 Å². The smallest absolute Gasteiger partial charge is 0.0649 e. The molecule has 0 heterocycles. The molecule has 0 aromatic rings. The molecule has 2 nitrogen and oxygen atoms in total. The first kappa shape index (κ1) is 7.50. The van der Waals surface area contributed by atoms with E-state index in [1.54, 1.807) is 6.20 Å². The van der Waals surface area contributed by atoms with Crippen molar-refractivity contribution in [3.8, 4) is 0 Å². The Morgan fingerprint density at radius 1 is 1.62 bits per heavy atom. The van der Waals surface area contributed by atoms with E-state index in [1.165, 1.54) is 0 Å². The molecule has 0 aliphatic rings. The number of hydrogen-bond acceptors (Lipinski definition) is 2. The van der Waals surface area contributed by atoms with Crippen LogP contribution in [0.25, 0.3) is 0 Å². The lowest BCUT2D eigenvalue weighted by atomic mass is 10.4. The third-order valence-corrected chi connectivity index (χ3v) is 0.757. The molecule has 48 valence electrons. The molecule has 0 atom stereocenters. The van der Waals surface area contributed by atoms with Gasteiger partial charge in [0.25, 0.3) is 0 Å². The molecule has 8 heavy (non-hydrogen) atoms. The summed E-state index contributed by atoms with van der Waals surface area (Å²) in [6.07, 6.45) is 1.68. The van der Waals surface area contributed by atoms with Crippen LogP contribution in [0.4, 0.5) is 0 Å². The van der Waals surface area contributed by atoms with Crippen LogP contribution in [0.2, 0.25) is 0 Å². The fraction of sp³-hybridized carbons (Fsp3) is 0.667. The van der Waals surface area contributed by atoms with E-state index >= 15 is 0 Å². The Labute approximate surface area is 51.0 Å². The first-order valence-electron chi connectivity index (χ1n) is 2.85. The summed E-state index contributed by atoms with van der Waals surface area (Å²) in [7, 11) is 0. The van der Waals surface area contributed by atoms with Crippen molar-refractivity contribution in [1.29, 1.82) is 0 Å². The van der Waals surface area contributed by atoms with Gasteiger partial charge in [0.05, 0.1) is 6.67 Å². The Balaban J connectivity index is 2.81. The maximum absolute atomic E-state index is 3.51. The van der Waals surface area contributed by atoms with Gasteiger partial charge in [-0.2, -0.15) is 0 Å². The minimum Gasteiger partial charge on any atom is -0.379 e. The molecule has 0 unspecified atom stereocenters. The van der Waals surface area contributed by atoms with Crippen molar-refractivity contribution in [1.82, 2.24) is 10.6 Å². The average Bonchev–Trinajstić information content (AvgIpc) is 1.66. The monoisotopic (exact) mass is 114 g/mol. The predicted octanol–water partition coefficient (Wildman–Crippen LogP) is 0.675. The first-order valence-corrected chi connectivity index (χ1v) is 2.85. The molecule has 0 saturated heterocycles. The molecule has 0 saturated carbocycles. The van der Waals surface area contributed by atoms with Gasteiger partial charge in [0, 0.05) is 6.04 Å². The summed E-state index contributed by atoms with van der Waals surface area (Å²) in [6, 6.07) is 0.544. The van der Waals surface area contributed by atoms with Gasteiger partial charge in [0.15, 0.2) is 0 Å². The normalized spacial score (nSPS) is 9.38. The molecule has 2 heteroatoms. The number of rotatable bonds is 4. The zero-order valence-corrected chi connectivity index (χ0v) is 5.57. The van der Waals surface area contributed by atoms with Gasteiger partial charge in [0.2, 0.25) is 0 Å². The maximum Gasteiger partial charge on any atom is 0.0649 e. The van der Waals surface area contributed by atoms with Crippen LogP contribution in [-0.4, -0.2) is 12.7 Å². The van der Waals surface area contributed by atoms with Crippen LogP contribution >= 0.6 is 0 Å². The van der Waals surface area contributed by atoms with E-state index in [0.29, 0.717) is 6.04 Å². The highest BCUT2D eigenvalue weighted by Crippen LogP contribution is 1.70. The van der Waals surface area contributed by atoms with E-state index in [4.69, 9.17) is 0 Å². The van der Waals surface area contributed by atoms with E-state index in [-0.39, 0.29) is 0 Å². The molecular formula is C6H14N2. The van der Waals surface area contributed by atoms with Crippen molar-refractivity contribution in [3.63, 3.8) is 0 Å². The molecule has 0 radical (unpaired) electrons. The van der Waals surface area contributed by atoms with Crippen LogP contribution in [0, 0.1) is 0 Å². The second-order valence-electron chi connectivity index (χ2n) is 1.94. The van der Waals surface area contributed by atoms with E-state index in [0.717, 1.165) is 6.67 Å². The van der Waals surface area contributed by atoms with Gasteiger partial charge in [-0.15, -0.1) is 0 Å². The summed E-state index contributed by atoms with van der Waals surface area (Å²) in [5.74, 6) is 0. The molecule has 0 aromatic carbocycles. The fourth-order valence-electron chi connectivity index (χ4n) is 0.335. The van der Waals surface area contributed by atoms with Crippen LogP contribution in [0.5, 0.6) is 0 Å². The Morgan fingerprint density at radius 3 is 2.62 bits per heavy atom. The van der Waals surface area contributed by atoms with Gasteiger partial charge in [-0.05, 0) is 20.0 Å². The predicted molar refractivity (Wildman–Crippen MR) is 36.5 cm³/mol. The van der Waals surface area contributed by atoms with Crippen LogP contribution in [-0.2, 0) is 0 Å². The zero-order chi connectivity index (χ0) is 6.41. The average molecular weight is 114 g/mol. The number of hydrogen-bond donors (Lipinski definition) is 2. The molecule has 0 rings (SSSR count). The minimum atomic E-state index is 0.544. The Hall–Kier alpha value is -0.500. The van der Waals surface area contributed by atoms with Crippen LogP contribution in [0.3, 0.4) is 0 Å². The Morgan fingerprint density at radius 2 is 2.25 bits per heavy atom. The second-order valence-corrected chi connectivity index (χ2v) is 1.94. The quantitative estimate of drug-likeness (QED) is 0.415. The molecule has 0 spiro atoms. The van der Waals surface area contributed by atoms with E-state index < -0.39 is 0 Å². The van der Waals surface area contributed by atoms with Crippen LogP contribution < -0.4 is 10.6 Å². The van der Waals surface area contributed by atoms with E-state index in [1.807, 2.05) is 0 Å². The van der Waals surface area contributed by atoms with Crippen LogP contribution in [0.15, 0.2) is 12.8 Å². The molecule has 0 bridgehead atoms. The topological polar surface area (TPSA) is 24.1 Å². The maximum atomic E-state index is 3.51. The minimum absolute atomic E-state index is 0.544. The summed E-state index contributed by atoms with van der Waals surface area (Å²) in [5.41, 5.74) is 0. The molecule has 0 aromatic heterocycles. The zero-order valence-electron chi connectivity index (χ0n) is 5.57. The molecule has 0 amide bonds. The summed E-state index contributed by atoms with van der Waals surface area (Å²) < 4.78 is 0. The standard InChI is InChI=1S/C6H14N2/c1-4-7-5-8-6(2)3/h4,6-8H,1,5H2,2-3H3. The van der Waals surface area contributed by atoms with Gasteiger partial charge in [0.1, 0.15) is 0 Å². The lowest BCUT2D eigenvalue weighted by molar-refractivity contribution is 0.568. The summed E-state index contributed by atoms with van der Waals surface area (Å²) >= 11 is 0. The fourth-order valence-corrected chi connectivity index (χ4v) is 0.335. The summed E-state index contributed by atoms with van der Waals surface area (Å²) in [6.45, 7) is 8.52. The van der Waals surface area contributed by atoms with Crippen molar-refractivity contribution in [2.24, 2.45) is 0 Å². The molecule has 0 aliphatic carbocycles. The van der Waals surface area contributed by atoms with Gasteiger partial charge in [-0.1, -0.05) is 6.58 Å². The molecule has 0 fully saturated rings. The Bertz CT molecular complexity index is 59.5. The van der Waals surface area contributed by atoms with Gasteiger partial charge in [-0.3, -0.25) is 5.32 Å². The van der Waals surface area contributed by atoms with Gasteiger partial charge >= 0.3 is 0 Å². The highest BCUT2D eigenvalue weighted by atomic mass is 15.1. The van der Waals surface area contributed by atoms with Gasteiger partial charge in [-0.25, -0.2) is 0 Å². The third-order valence-electron chi connectivity index (χ3n) is 0.757. The molecule has 0 aliphatic heterocycles. The number of nitrogens with one attached hydrogen (secondary N) is 2. The second kappa shape index (κ2) is 4.65. The Kier molecular flexibility index (Phi) is 4.36. The lowest BCUT2D eigenvalue weighted by Crippen LogP contribution is -2.30. The van der Waals surface area contributed by atoms with Crippen molar-refractivity contribution in [2.75, 3.05) is 6.67 Å². The first-order chi connectivity index (χ1) is 3.77. The largest absolute Gasteiger partial charge is 0.379 e. The molecule has 2 N–H and O–H groups in total. The van der Waals surface area contributed by atoms with Crippen molar-refractivity contribution in [2.45, 2.75) is 19.9 Å². The summed E-state index contributed by atoms with van der Waals surface area (Å²) in [5, 5.41) is 6.10. The highest BCUT2D eigenvalue weighted by Gasteiger charge is 1.85. The lowest BCUT2D eigenvalue weighted by Gasteiger charge is -2.05. The van der Waals surface area contributed by atoms with Crippen molar-refractivity contribution < 1.29 is 0 Å². The highest BCUT2D eigenvalue weighted by molar-refractivity contribution is 4.62. The van der Waals surface area contributed by atoms with E-state index in [9.17, 15) is 0 Å². The van der Waals surface area contributed by atoms with Crippen molar-refractivity contribution in [3.05, 3.63) is 12.8 Å². The van der Waals surface area contributed by atoms with Crippen LogP contribution in [0.1, 0.15) is 13.8 Å².